The number of hydrogen-bond donors (Lipinski definition) is 2. The van der Waals surface area contributed by atoms with Crippen LogP contribution >= 0.6 is 0 Å². The number of fused-ring (bicyclic) bond motifs is 2. The number of amides is 1. The summed E-state index contributed by atoms with van der Waals surface area (Å²) in [4.78, 5) is 30.8. The molecule has 152 valence electrons. The summed E-state index contributed by atoms with van der Waals surface area (Å²) in [5.74, 6) is -0.520. The van der Waals surface area contributed by atoms with Crippen LogP contribution in [0.15, 0.2) is 29.3 Å². The van der Waals surface area contributed by atoms with E-state index in [1.807, 2.05) is 0 Å². The molecule has 2 N–H and O–H groups in total. The van der Waals surface area contributed by atoms with Gasteiger partial charge in [-0.05, 0) is 43.9 Å². The summed E-state index contributed by atoms with van der Waals surface area (Å²) < 4.78 is 41.3. The molecule has 0 unspecified atom stereocenters. The standard InChI is InChI=1S/C19H18F3N5O2/c20-19(21,22)17-12-4-2-1-3-5-15(12)27(26-17)9-16(28)25-11-6-7-14-13(8-11)18(29)24-10-23-14/h6-8,10H,1-5,9H2,(H,25,28)(H,23,24,29). The molecule has 0 atom stereocenters. The minimum Gasteiger partial charge on any atom is -0.324 e. The monoisotopic (exact) mass is 405 g/mol. The molecule has 1 aliphatic carbocycles. The molecule has 0 spiro atoms. The van der Waals surface area contributed by atoms with Crippen LogP contribution in [0.2, 0.25) is 0 Å². The molecule has 2 aromatic heterocycles. The summed E-state index contributed by atoms with van der Waals surface area (Å²) in [6, 6.07) is 4.64. The molecule has 2 heterocycles. The van der Waals surface area contributed by atoms with Crippen molar-refractivity contribution >= 4 is 22.5 Å². The van der Waals surface area contributed by atoms with Crippen LogP contribution in [0.5, 0.6) is 0 Å². The van der Waals surface area contributed by atoms with Crippen molar-refractivity contribution in [3.63, 3.8) is 0 Å². The number of rotatable bonds is 3. The minimum absolute atomic E-state index is 0.200. The molecule has 1 amide bonds. The lowest BCUT2D eigenvalue weighted by molar-refractivity contribution is -0.142. The Hall–Kier alpha value is -3.17. The van der Waals surface area contributed by atoms with E-state index < -0.39 is 17.8 Å². The lowest BCUT2D eigenvalue weighted by Gasteiger charge is -2.09. The SMILES string of the molecule is O=C(Cn1nc(C(F)(F)F)c2c1CCCCC2)Nc1ccc2nc[nH]c(=O)c2c1. The Kier molecular flexibility index (Phi) is 4.85. The first kappa shape index (κ1) is 19.2. The van der Waals surface area contributed by atoms with Gasteiger partial charge in [0.2, 0.25) is 5.91 Å². The first-order chi connectivity index (χ1) is 13.8. The first-order valence-corrected chi connectivity index (χ1v) is 9.26. The Bertz CT molecular complexity index is 1130. The summed E-state index contributed by atoms with van der Waals surface area (Å²) in [6.07, 6.45) is -0.217. The number of aromatic amines is 1. The minimum atomic E-state index is -4.55. The predicted molar refractivity (Wildman–Crippen MR) is 99.5 cm³/mol. The summed E-state index contributed by atoms with van der Waals surface area (Å²) in [7, 11) is 0. The van der Waals surface area contributed by atoms with E-state index in [2.05, 4.69) is 20.4 Å². The lowest BCUT2D eigenvalue weighted by Crippen LogP contribution is -2.21. The van der Waals surface area contributed by atoms with Crippen LogP contribution in [0.1, 0.15) is 36.2 Å². The molecule has 4 rings (SSSR count). The third-order valence-corrected chi connectivity index (χ3v) is 4.99. The van der Waals surface area contributed by atoms with E-state index in [-0.39, 0.29) is 17.7 Å². The maximum atomic E-state index is 13.4. The molecule has 0 saturated carbocycles. The molecule has 29 heavy (non-hydrogen) atoms. The van der Waals surface area contributed by atoms with Gasteiger partial charge in [0.05, 0.1) is 17.2 Å². The average Bonchev–Trinajstić information content (AvgIpc) is 2.84. The number of alkyl halides is 3. The number of nitrogens with zero attached hydrogens (tertiary/aromatic N) is 3. The van der Waals surface area contributed by atoms with E-state index in [0.717, 1.165) is 17.5 Å². The highest BCUT2D eigenvalue weighted by Gasteiger charge is 2.39. The molecule has 0 bridgehead atoms. The molecule has 1 aliphatic rings. The summed E-state index contributed by atoms with van der Waals surface area (Å²) in [5, 5.41) is 6.64. The topological polar surface area (TPSA) is 92.7 Å². The largest absolute Gasteiger partial charge is 0.435 e. The molecule has 3 aromatic rings. The maximum Gasteiger partial charge on any atom is 0.435 e. The van der Waals surface area contributed by atoms with Gasteiger partial charge in [-0.2, -0.15) is 18.3 Å². The van der Waals surface area contributed by atoms with Crippen LogP contribution in [0.25, 0.3) is 10.9 Å². The number of anilines is 1. The number of H-pyrrole nitrogens is 1. The van der Waals surface area contributed by atoms with Crippen molar-refractivity contribution in [2.24, 2.45) is 0 Å². The zero-order chi connectivity index (χ0) is 20.6. The van der Waals surface area contributed by atoms with Crippen molar-refractivity contribution in [2.45, 2.75) is 44.8 Å². The van der Waals surface area contributed by atoms with E-state index in [0.29, 0.717) is 41.5 Å². The van der Waals surface area contributed by atoms with E-state index in [4.69, 9.17) is 0 Å². The Labute approximate surface area is 162 Å². The number of aromatic nitrogens is 4. The van der Waals surface area contributed by atoms with Crippen LogP contribution in [0.4, 0.5) is 18.9 Å². The molecule has 7 nitrogen and oxygen atoms in total. The number of hydrogen-bond acceptors (Lipinski definition) is 4. The Morgan fingerprint density at radius 1 is 1.21 bits per heavy atom. The van der Waals surface area contributed by atoms with Crippen molar-refractivity contribution in [2.75, 3.05) is 5.32 Å². The third kappa shape index (κ3) is 3.87. The Morgan fingerprint density at radius 2 is 2.00 bits per heavy atom. The van der Waals surface area contributed by atoms with Crippen LogP contribution in [0.3, 0.4) is 0 Å². The molecule has 0 saturated heterocycles. The van der Waals surface area contributed by atoms with Gasteiger partial charge in [-0.15, -0.1) is 0 Å². The van der Waals surface area contributed by atoms with Gasteiger partial charge < -0.3 is 10.3 Å². The van der Waals surface area contributed by atoms with E-state index in [1.54, 1.807) is 12.1 Å². The zero-order valence-corrected chi connectivity index (χ0v) is 15.3. The van der Waals surface area contributed by atoms with Crippen molar-refractivity contribution in [1.29, 1.82) is 0 Å². The first-order valence-electron chi connectivity index (χ1n) is 9.26. The quantitative estimate of drug-likeness (QED) is 0.655. The smallest absolute Gasteiger partial charge is 0.324 e. The van der Waals surface area contributed by atoms with E-state index >= 15 is 0 Å². The number of carbonyl (C=O) groups excluding carboxylic acids is 1. The fourth-order valence-electron chi connectivity index (χ4n) is 3.69. The Balaban J connectivity index is 1.59. The molecule has 0 aliphatic heterocycles. The van der Waals surface area contributed by atoms with Gasteiger partial charge >= 0.3 is 6.18 Å². The van der Waals surface area contributed by atoms with Crippen molar-refractivity contribution in [3.05, 3.63) is 51.8 Å². The fourth-order valence-corrected chi connectivity index (χ4v) is 3.69. The molecule has 0 fully saturated rings. The maximum absolute atomic E-state index is 13.4. The predicted octanol–water partition coefficient (Wildman–Crippen LogP) is 3.05. The van der Waals surface area contributed by atoms with Gasteiger partial charge in [-0.1, -0.05) is 6.42 Å². The molecular formula is C19H18F3N5O2. The van der Waals surface area contributed by atoms with E-state index in [9.17, 15) is 22.8 Å². The number of halogens is 3. The Morgan fingerprint density at radius 3 is 2.79 bits per heavy atom. The second kappa shape index (κ2) is 7.34. The third-order valence-electron chi connectivity index (χ3n) is 4.99. The number of benzene rings is 1. The molecule has 0 radical (unpaired) electrons. The second-order valence-corrected chi connectivity index (χ2v) is 7.00. The summed E-state index contributed by atoms with van der Waals surface area (Å²) in [5.41, 5.74) is 0.258. The van der Waals surface area contributed by atoms with Crippen LogP contribution in [-0.2, 0) is 30.4 Å². The van der Waals surface area contributed by atoms with Crippen molar-refractivity contribution in [3.8, 4) is 0 Å². The average molecular weight is 405 g/mol. The normalized spacial score (nSPS) is 14.4. The van der Waals surface area contributed by atoms with Crippen LogP contribution < -0.4 is 10.9 Å². The van der Waals surface area contributed by atoms with Gasteiger partial charge in [0, 0.05) is 16.9 Å². The van der Waals surface area contributed by atoms with Gasteiger partial charge in [0.15, 0.2) is 5.69 Å². The van der Waals surface area contributed by atoms with Gasteiger partial charge in [0.1, 0.15) is 6.54 Å². The fraction of sp³-hybridized carbons (Fsp3) is 0.368. The number of nitrogens with one attached hydrogen (secondary N) is 2. The van der Waals surface area contributed by atoms with Gasteiger partial charge in [-0.3, -0.25) is 14.3 Å². The highest BCUT2D eigenvalue weighted by Crippen LogP contribution is 2.35. The lowest BCUT2D eigenvalue weighted by atomic mass is 10.1. The summed E-state index contributed by atoms with van der Waals surface area (Å²) in [6.45, 7) is -0.333. The molecular weight excluding hydrogens is 387 g/mol. The van der Waals surface area contributed by atoms with Gasteiger partial charge in [-0.25, -0.2) is 4.98 Å². The van der Waals surface area contributed by atoms with Crippen molar-refractivity contribution in [1.82, 2.24) is 19.7 Å². The van der Waals surface area contributed by atoms with Crippen LogP contribution in [0, 0.1) is 0 Å². The second-order valence-electron chi connectivity index (χ2n) is 7.00. The summed E-state index contributed by atoms with van der Waals surface area (Å²) >= 11 is 0. The zero-order valence-electron chi connectivity index (χ0n) is 15.3. The molecule has 10 heteroatoms. The van der Waals surface area contributed by atoms with E-state index in [1.165, 1.54) is 12.4 Å². The van der Waals surface area contributed by atoms with Gasteiger partial charge in [0.25, 0.3) is 5.56 Å². The van der Waals surface area contributed by atoms with Crippen molar-refractivity contribution < 1.29 is 18.0 Å². The van der Waals surface area contributed by atoms with Crippen LogP contribution in [-0.4, -0.2) is 25.7 Å². The molecule has 1 aromatic carbocycles. The highest BCUT2D eigenvalue weighted by atomic mass is 19.4. The highest BCUT2D eigenvalue weighted by molar-refractivity contribution is 5.93. The number of carbonyl (C=O) groups is 1.